The van der Waals surface area contributed by atoms with Crippen molar-refractivity contribution in [3.63, 3.8) is 0 Å². The average molecular weight is 289 g/mol. The van der Waals surface area contributed by atoms with Gasteiger partial charge in [-0.15, -0.1) is 0 Å². The fourth-order valence-corrected chi connectivity index (χ4v) is 1.84. The smallest absolute Gasteiger partial charge is 0.293 e. The van der Waals surface area contributed by atoms with E-state index in [1.54, 1.807) is 12.1 Å². The Morgan fingerprint density at radius 3 is 2.81 bits per heavy atom. The van der Waals surface area contributed by atoms with Crippen LogP contribution in [0.3, 0.4) is 0 Å². The van der Waals surface area contributed by atoms with E-state index in [1.165, 1.54) is 24.7 Å². The lowest BCUT2D eigenvalue weighted by Crippen LogP contribution is -2.22. The second-order valence-electron chi connectivity index (χ2n) is 4.33. The van der Waals surface area contributed by atoms with Crippen molar-refractivity contribution in [3.05, 3.63) is 58.0 Å². The largest absolute Gasteiger partial charge is 0.472 e. The minimum atomic E-state index is -0.509. The molecule has 0 saturated carbocycles. The number of hydrogen-bond donors (Lipinski definition) is 2. The van der Waals surface area contributed by atoms with Crippen LogP contribution < -0.4 is 10.6 Å². The molecule has 21 heavy (non-hydrogen) atoms. The van der Waals surface area contributed by atoms with Gasteiger partial charge in [-0.3, -0.25) is 14.9 Å². The Labute approximate surface area is 121 Å². The summed E-state index contributed by atoms with van der Waals surface area (Å²) in [6.07, 6.45) is 3.04. The van der Waals surface area contributed by atoms with E-state index in [9.17, 15) is 14.9 Å². The van der Waals surface area contributed by atoms with Gasteiger partial charge in [0.1, 0.15) is 5.69 Å². The Morgan fingerprint density at radius 2 is 2.19 bits per heavy atom. The minimum Gasteiger partial charge on any atom is -0.472 e. The van der Waals surface area contributed by atoms with Crippen LogP contribution in [-0.2, 0) is 6.54 Å². The Hall–Kier alpha value is -2.83. The highest BCUT2D eigenvalue weighted by Gasteiger charge is 2.17. The molecule has 1 amide bonds. The molecule has 0 aliphatic carbocycles. The topological polar surface area (TPSA) is 97.4 Å². The van der Waals surface area contributed by atoms with Gasteiger partial charge in [0.2, 0.25) is 0 Å². The lowest BCUT2D eigenvalue weighted by Gasteiger charge is -2.07. The number of furan rings is 1. The van der Waals surface area contributed by atoms with Gasteiger partial charge in [-0.2, -0.15) is 0 Å². The van der Waals surface area contributed by atoms with Gasteiger partial charge in [0.05, 0.1) is 17.4 Å². The van der Waals surface area contributed by atoms with E-state index in [0.717, 1.165) is 5.56 Å². The molecule has 0 saturated heterocycles. The maximum absolute atomic E-state index is 12.0. The van der Waals surface area contributed by atoms with Crippen molar-refractivity contribution in [1.82, 2.24) is 5.32 Å². The van der Waals surface area contributed by atoms with E-state index < -0.39 is 4.92 Å². The molecular formula is C14H15N3O4. The molecule has 1 heterocycles. The van der Waals surface area contributed by atoms with Crippen LogP contribution in [0.1, 0.15) is 22.8 Å². The van der Waals surface area contributed by atoms with Gasteiger partial charge in [0.25, 0.3) is 11.6 Å². The zero-order valence-corrected chi connectivity index (χ0v) is 11.5. The number of nitro groups is 1. The molecule has 0 fully saturated rings. The summed E-state index contributed by atoms with van der Waals surface area (Å²) in [6.45, 7) is 2.71. The number of amides is 1. The van der Waals surface area contributed by atoms with Crippen LogP contribution in [-0.4, -0.2) is 17.4 Å². The zero-order valence-electron chi connectivity index (χ0n) is 11.5. The Bertz CT molecular complexity index is 638. The van der Waals surface area contributed by atoms with Crippen LogP contribution >= 0.6 is 0 Å². The predicted octanol–water partition coefficient (Wildman–Crippen LogP) is 2.55. The first-order chi connectivity index (χ1) is 10.1. The van der Waals surface area contributed by atoms with E-state index in [4.69, 9.17) is 4.42 Å². The second kappa shape index (κ2) is 6.56. The first-order valence-corrected chi connectivity index (χ1v) is 6.43. The van der Waals surface area contributed by atoms with Crippen molar-refractivity contribution < 1.29 is 14.1 Å². The summed E-state index contributed by atoms with van der Waals surface area (Å²) in [7, 11) is 0. The quantitative estimate of drug-likeness (QED) is 0.629. The number of anilines is 1. The number of carbonyl (C=O) groups excluding carboxylic acids is 1. The SMILES string of the molecule is CCNc1ccc(C(=O)NCc2ccoc2)cc1[N+](=O)[O-]. The number of benzene rings is 1. The molecule has 110 valence electrons. The molecule has 2 rings (SSSR count). The zero-order chi connectivity index (χ0) is 15.2. The Kier molecular flexibility index (Phi) is 4.55. The first kappa shape index (κ1) is 14.6. The molecule has 1 aromatic heterocycles. The maximum Gasteiger partial charge on any atom is 0.293 e. The van der Waals surface area contributed by atoms with Crippen LogP contribution in [0.25, 0.3) is 0 Å². The summed E-state index contributed by atoms with van der Waals surface area (Å²) in [5.74, 6) is -0.373. The van der Waals surface area contributed by atoms with Gasteiger partial charge >= 0.3 is 0 Å². The molecule has 0 bridgehead atoms. The van der Waals surface area contributed by atoms with Crippen LogP contribution in [0.2, 0.25) is 0 Å². The van der Waals surface area contributed by atoms with Gasteiger partial charge < -0.3 is 15.1 Å². The highest BCUT2D eigenvalue weighted by Crippen LogP contribution is 2.25. The summed E-state index contributed by atoms with van der Waals surface area (Å²) in [4.78, 5) is 22.5. The molecule has 1 aromatic carbocycles. The van der Waals surface area contributed by atoms with E-state index in [0.29, 0.717) is 18.8 Å². The van der Waals surface area contributed by atoms with E-state index in [2.05, 4.69) is 10.6 Å². The number of nitrogens with one attached hydrogen (secondary N) is 2. The van der Waals surface area contributed by atoms with Crippen LogP contribution in [0.15, 0.2) is 41.2 Å². The molecule has 0 radical (unpaired) electrons. The van der Waals surface area contributed by atoms with Crippen molar-refractivity contribution in [2.24, 2.45) is 0 Å². The summed E-state index contributed by atoms with van der Waals surface area (Å²) in [6, 6.07) is 6.09. The third kappa shape index (κ3) is 3.59. The third-order valence-corrected chi connectivity index (χ3v) is 2.86. The highest BCUT2D eigenvalue weighted by molar-refractivity contribution is 5.95. The van der Waals surface area contributed by atoms with Crippen molar-refractivity contribution in [3.8, 4) is 0 Å². The number of carbonyl (C=O) groups is 1. The van der Waals surface area contributed by atoms with Crippen molar-refractivity contribution >= 4 is 17.3 Å². The van der Waals surface area contributed by atoms with Gasteiger partial charge in [-0.1, -0.05) is 0 Å². The molecule has 7 heteroatoms. The molecule has 2 N–H and O–H groups in total. The van der Waals surface area contributed by atoms with Gasteiger partial charge in [0.15, 0.2) is 0 Å². The Morgan fingerprint density at radius 1 is 1.38 bits per heavy atom. The summed E-state index contributed by atoms with van der Waals surface area (Å²) in [5, 5.41) is 16.6. The number of rotatable bonds is 6. The lowest BCUT2D eigenvalue weighted by molar-refractivity contribution is -0.384. The van der Waals surface area contributed by atoms with Crippen molar-refractivity contribution in [1.29, 1.82) is 0 Å². The van der Waals surface area contributed by atoms with Crippen molar-refractivity contribution in [2.75, 3.05) is 11.9 Å². The minimum absolute atomic E-state index is 0.118. The summed E-state index contributed by atoms with van der Waals surface area (Å²) in [5.41, 5.74) is 1.34. The molecule has 0 spiro atoms. The van der Waals surface area contributed by atoms with Gasteiger partial charge in [-0.25, -0.2) is 0 Å². The number of nitro benzene ring substituents is 1. The third-order valence-electron chi connectivity index (χ3n) is 2.86. The molecule has 2 aromatic rings. The van der Waals surface area contributed by atoms with E-state index >= 15 is 0 Å². The van der Waals surface area contributed by atoms with Crippen LogP contribution in [0.4, 0.5) is 11.4 Å². The molecule has 0 aliphatic heterocycles. The molecule has 0 atom stereocenters. The fourth-order valence-electron chi connectivity index (χ4n) is 1.84. The second-order valence-corrected chi connectivity index (χ2v) is 4.33. The van der Waals surface area contributed by atoms with Gasteiger partial charge in [0, 0.05) is 30.3 Å². The number of hydrogen-bond acceptors (Lipinski definition) is 5. The van der Waals surface area contributed by atoms with Crippen LogP contribution in [0, 0.1) is 10.1 Å². The lowest BCUT2D eigenvalue weighted by atomic mass is 10.1. The monoisotopic (exact) mass is 289 g/mol. The number of nitrogens with zero attached hydrogens (tertiary/aromatic N) is 1. The fraction of sp³-hybridized carbons (Fsp3) is 0.214. The maximum atomic E-state index is 12.0. The van der Waals surface area contributed by atoms with Gasteiger partial charge in [-0.05, 0) is 25.1 Å². The highest BCUT2D eigenvalue weighted by atomic mass is 16.6. The first-order valence-electron chi connectivity index (χ1n) is 6.43. The normalized spacial score (nSPS) is 10.1. The average Bonchev–Trinajstić information content (AvgIpc) is 2.98. The van der Waals surface area contributed by atoms with Crippen LogP contribution in [0.5, 0.6) is 0 Å². The Balaban J connectivity index is 2.13. The molecule has 0 unspecified atom stereocenters. The predicted molar refractivity (Wildman–Crippen MR) is 77.1 cm³/mol. The molecule has 7 nitrogen and oxygen atoms in total. The standard InChI is InChI=1S/C14H15N3O4/c1-2-15-12-4-3-11(7-13(12)17(19)20)14(18)16-8-10-5-6-21-9-10/h3-7,9,15H,2,8H2,1H3,(H,16,18). The molecule has 0 aliphatic rings. The summed E-state index contributed by atoms with van der Waals surface area (Å²) < 4.78 is 4.90. The summed E-state index contributed by atoms with van der Waals surface area (Å²) >= 11 is 0. The van der Waals surface area contributed by atoms with E-state index in [1.807, 2.05) is 6.92 Å². The van der Waals surface area contributed by atoms with E-state index in [-0.39, 0.29) is 17.2 Å². The van der Waals surface area contributed by atoms with Crippen molar-refractivity contribution in [2.45, 2.75) is 13.5 Å². The molecular weight excluding hydrogens is 274 g/mol.